The van der Waals surface area contributed by atoms with Gasteiger partial charge in [0.2, 0.25) is 11.0 Å². The monoisotopic (exact) mass is 454 g/mol. The highest BCUT2D eigenvalue weighted by atomic mass is 79.9. The second kappa shape index (κ2) is 8.39. The first kappa shape index (κ1) is 18.5. The summed E-state index contributed by atoms with van der Waals surface area (Å²) in [5.74, 6) is 0.505. The third-order valence-electron chi connectivity index (χ3n) is 3.13. The van der Waals surface area contributed by atoms with E-state index in [1.54, 1.807) is 0 Å². The molecule has 3 aromatic rings. The van der Waals surface area contributed by atoms with Crippen molar-refractivity contribution >= 4 is 61.4 Å². The van der Waals surface area contributed by atoms with E-state index in [1.165, 1.54) is 34.4 Å². The molecule has 0 saturated heterocycles. The van der Waals surface area contributed by atoms with Crippen LogP contribution in [0.1, 0.15) is 24.8 Å². The second-order valence-electron chi connectivity index (χ2n) is 5.44. The molecule has 1 N–H and O–H groups in total. The molecular weight excluding hydrogens is 440 g/mol. The molecule has 5 nitrogen and oxygen atoms in total. The minimum Gasteiger partial charge on any atom is -0.300 e. The van der Waals surface area contributed by atoms with Gasteiger partial charge < -0.3 is 0 Å². The Kier molecular flexibility index (Phi) is 6.21. The number of halogens is 1. The van der Waals surface area contributed by atoms with Crippen LogP contribution in [-0.2, 0) is 4.79 Å². The van der Waals surface area contributed by atoms with Gasteiger partial charge in [0.15, 0.2) is 4.34 Å². The lowest BCUT2D eigenvalue weighted by Gasteiger charge is -1.99. The van der Waals surface area contributed by atoms with Gasteiger partial charge in [-0.1, -0.05) is 65.0 Å². The third-order valence-corrected chi connectivity index (χ3v) is 6.82. The van der Waals surface area contributed by atoms with Crippen LogP contribution in [0, 0.1) is 0 Å². The Balaban J connectivity index is 1.54. The number of nitrogens with zero attached hydrogens (tertiary/aromatic N) is 3. The molecule has 0 saturated carbocycles. The maximum atomic E-state index is 12.1. The summed E-state index contributed by atoms with van der Waals surface area (Å²) in [6.07, 6.45) is 0. The fourth-order valence-electron chi connectivity index (χ4n) is 1.88. The van der Waals surface area contributed by atoms with Crippen LogP contribution in [0.4, 0.5) is 5.13 Å². The van der Waals surface area contributed by atoms with E-state index < -0.39 is 0 Å². The molecule has 0 bridgehead atoms. The second-order valence-corrected chi connectivity index (χ2v) is 9.45. The number of rotatable bonds is 6. The number of nitrogens with one attached hydrogen (secondary N) is 1. The molecule has 0 atom stereocenters. The Hall–Kier alpha value is -1.29. The standard InChI is InChI=1S/C16H15BrN4OS3/c1-9(2)14-20-21-15(25-14)19-13(22)8-24-16-18-12(7-23-16)10-3-5-11(17)6-4-10/h3-7,9H,8H2,1-2H3,(H,19,21,22). The molecule has 0 spiro atoms. The van der Waals surface area contributed by atoms with Crippen molar-refractivity contribution in [3.8, 4) is 11.3 Å². The van der Waals surface area contributed by atoms with Gasteiger partial charge in [-0.3, -0.25) is 10.1 Å². The summed E-state index contributed by atoms with van der Waals surface area (Å²) in [6, 6.07) is 8.01. The smallest absolute Gasteiger partial charge is 0.236 e. The van der Waals surface area contributed by atoms with E-state index in [9.17, 15) is 4.79 Å². The van der Waals surface area contributed by atoms with Crippen LogP contribution in [0.25, 0.3) is 11.3 Å². The predicted molar refractivity (Wildman–Crippen MR) is 109 cm³/mol. The van der Waals surface area contributed by atoms with Crippen LogP contribution in [0.2, 0.25) is 0 Å². The van der Waals surface area contributed by atoms with E-state index in [1.807, 2.05) is 43.5 Å². The van der Waals surface area contributed by atoms with E-state index in [0.29, 0.717) is 16.8 Å². The highest BCUT2D eigenvalue weighted by Gasteiger charge is 2.12. The molecule has 0 aliphatic rings. The lowest BCUT2D eigenvalue weighted by molar-refractivity contribution is -0.113. The number of hydrogen-bond acceptors (Lipinski definition) is 7. The van der Waals surface area contributed by atoms with E-state index in [4.69, 9.17) is 0 Å². The lowest BCUT2D eigenvalue weighted by Crippen LogP contribution is -2.13. The molecule has 0 radical (unpaired) electrons. The Labute approximate surface area is 166 Å². The first-order chi connectivity index (χ1) is 12.0. The molecule has 130 valence electrons. The number of thiazole rings is 1. The molecule has 1 aromatic carbocycles. The predicted octanol–water partition coefficient (Wildman–Crippen LogP) is 5.28. The van der Waals surface area contributed by atoms with Crippen LogP contribution in [0.15, 0.2) is 38.5 Å². The average molecular weight is 455 g/mol. The van der Waals surface area contributed by atoms with E-state index in [2.05, 4.69) is 36.4 Å². The molecule has 2 heterocycles. The van der Waals surface area contributed by atoms with Gasteiger partial charge in [0.25, 0.3) is 0 Å². The van der Waals surface area contributed by atoms with Gasteiger partial charge in [0, 0.05) is 21.3 Å². The molecule has 3 rings (SSSR count). The summed E-state index contributed by atoms with van der Waals surface area (Å²) in [4.78, 5) is 16.6. The summed E-state index contributed by atoms with van der Waals surface area (Å²) in [5, 5.41) is 14.3. The van der Waals surface area contributed by atoms with Crippen LogP contribution < -0.4 is 5.32 Å². The molecule has 1 amide bonds. The quantitative estimate of drug-likeness (QED) is 0.513. The topological polar surface area (TPSA) is 67.8 Å². The molecular formula is C16H15BrN4OS3. The average Bonchev–Trinajstić information content (AvgIpc) is 3.23. The Morgan fingerprint density at radius 3 is 2.72 bits per heavy atom. The van der Waals surface area contributed by atoms with E-state index in [-0.39, 0.29) is 5.91 Å². The van der Waals surface area contributed by atoms with Crippen LogP contribution in [0.3, 0.4) is 0 Å². The van der Waals surface area contributed by atoms with Crippen molar-refractivity contribution in [2.45, 2.75) is 24.1 Å². The number of carbonyl (C=O) groups excluding carboxylic acids is 1. The Morgan fingerprint density at radius 1 is 1.28 bits per heavy atom. The van der Waals surface area contributed by atoms with Gasteiger partial charge in [-0.15, -0.1) is 21.5 Å². The summed E-state index contributed by atoms with van der Waals surface area (Å²) < 4.78 is 1.91. The van der Waals surface area contributed by atoms with E-state index in [0.717, 1.165) is 25.1 Å². The number of aromatic nitrogens is 3. The third kappa shape index (κ3) is 5.10. The highest BCUT2D eigenvalue weighted by Crippen LogP contribution is 2.29. The Morgan fingerprint density at radius 2 is 2.04 bits per heavy atom. The summed E-state index contributed by atoms with van der Waals surface area (Å²) >= 11 is 7.80. The fraction of sp³-hybridized carbons (Fsp3) is 0.250. The molecule has 2 aromatic heterocycles. The largest absolute Gasteiger partial charge is 0.300 e. The van der Waals surface area contributed by atoms with Gasteiger partial charge in [0.05, 0.1) is 11.4 Å². The Bertz CT molecular complexity index is 860. The van der Waals surface area contributed by atoms with Gasteiger partial charge in [0.1, 0.15) is 5.01 Å². The van der Waals surface area contributed by atoms with Crippen molar-refractivity contribution in [3.63, 3.8) is 0 Å². The molecule has 0 aliphatic carbocycles. The first-order valence-corrected chi connectivity index (χ1v) is 11.0. The molecule has 0 unspecified atom stereocenters. The SMILES string of the molecule is CC(C)c1nnc(NC(=O)CSc2nc(-c3ccc(Br)cc3)cs2)s1. The van der Waals surface area contributed by atoms with Crippen molar-refractivity contribution in [2.24, 2.45) is 0 Å². The lowest BCUT2D eigenvalue weighted by atomic mass is 10.2. The van der Waals surface area contributed by atoms with Crippen LogP contribution in [0.5, 0.6) is 0 Å². The van der Waals surface area contributed by atoms with Crippen molar-refractivity contribution in [1.29, 1.82) is 0 Å². The number of benzene rings is 1. The normalized spacial score (nSPS) is 11.0. The van der Waals surface area contributed by atoms with Crippen molar-refractivity contribution < 1.29 is 4.79 Å². The number of anilines is 1. The fourth-order valence-corrected chi connectivity index (χ4v) is 4.54. The zero-order valence-corrected chi connectivity index (χ0v) is 17.6. The zero-order chi connectivity index (χ0) is 17.8. The molecule has 9 heteroatoms. The first-order valence-electron chi connectivity index (χ1n) is 7.49. The molecule has 25 heavy (non-hydrogen) atoms. The summed E-state index contributed by atoms with van der Waals surface area (Å²) in [7, 11) is 0. The maximum Gasteiger partial charge on any atom is 0.236 e. The highest BCUT2D eigenvalue weighted by molar-refractivity contribution is 9.10. The maximum absolute atomic E-state index is 12.1. The van der Waals surface area contributed by atoms with Gasteiger partial charge in [-0.2, -0.15) is 0 Å². The number of thioether (sulfide) groups is 1. The van der Waals surface area contributed by atoms with Crippen molar-refractivity contribution in [2.75, 3.05) is 11.1 Å². The number of amides is 1. The molecule has 0 fully saturated rings. The molecule has 0 aliphatic heterocycles. The summed E-state index contributed by atoms with van der Waals surface area (Å²) in [5.41, 5.74) is 1.98. The minimum absolute atomic E-state index is 0.100. The van der Waals surface area contributed by atoms with E-state index >= 15 is 0 Å². The van der Waals surface area contributed by atoms with Crippen LogP contribution in [-0.4, -0.2) is 26.8 Å². The van der Waals surface area contributed by atoms with Gasteiger partial charge in [-0.25, -0.2) is 4.98 Å². The van der Waals surface area contributed by atoms with Crippen LogP contribution >= 0.6 is 50.4 Å². The van der Waals surface area contributed by atoms with Crippen molar-refractivity contribution in [1.82, 2.24) is 15.2 Å². The zero-order valence-electron chi connectivity index (χ0n) is 13.5. The number of carbonyl (C=O) groups is 1. The van der Waals surface area contributed by atoms with Gasteiger partial charge in [-0.05, 0) is 12.1 Å². The minimum atomic E-state index is -0.100. The van der Waals surface area contributed by atoms with Crippen molar-refractivity contribution in [3.05, 3.63) is 39.1 Å². The van der Waals surface area contributed by atoms with Gasteiger partial charge >= 0.3 is 0 Å². The summed E-state index contributed by atoms with van der Waals surface area (Å²) in [6.45, 7) is 4.10. The number of hydrogen-bond donors (Lipinski definition) is 1.